The van der Waals surface area contributed by atoms with Crippen LogP contribution < -0.4 is 5.43 Å². The van der Waals surface area contributed by atoms with Crippen molar-refractivity contribution in [2.75, 3.05) is 0 Å². The lowest BCUT2D eigenvalue weighted by molar-refractivity contribution is 0.0696. The van der Waals surface area contributed by atoms with E-state index in [1.54, 1.807) is 36.4 Å². The molecule has 0 bridgehead atoms. The fourth-order valence-electron chi connectivity index (χ4n) is 2.22. The number of nitrogens with zero attached hydrogens (tertiary/aromatic N) is 1. The molecular formula is C19H13ClN2O4. The number of aromatic carboxylic acids is 1. The predicted molar refractivity (Wildman–Crippen MR) is 97.6 cm³/mol. The molecule has 0 radical (unpaired) electrons. The summed E-state index contributed by atoms with van der Waals surface area (Å²) in [6.45, 7) is 0. The highest BCUT2D eigenvalue weighted by atomic mass is 35.5. The van der Waals surface area contributed by atoms with Crippen LogP contribution in [-0.2, 0) is 0 Å². The van der Waals surface area contributed by atoms with Crippen LogP contribution in [0.15, 0.2) is 70.2 Å². The van der Waals surface area contributed by atoms with E-state index in [-0.39, 0.29) is 11.5 Å². The molecule has 0 aliphatic heterocycles. The van der Waals surface area contributed by atoms with E-state index < -0.39 is 5.97 Å². The number of benzene rings is 2. The third kappa shape index (κ3) is 3.99. The van der Waals surface area contributed by atoms with Gasteiger partial charge in [0, 0.05) is 11.1 Å². The monoisotopic (exact) mass is 368 g/mol. The van der Waals surface area contributed by atoms with Crippen LogP contribution in [0.3, 0.4) is 0 Å². The Labute approximate surface area is 153 Å². The number of amides is 1. The Morgan fingerprint density at radius 1 is 1.04 bits per heavy atom. The largest absolute Gasteiger partial charge is 0.478 e. The normalized spacial score (nSPS) is 10.8. The van der Waals surface area contributed by atoms with E-state index in [2.05, 4.69) is 10.5 Å². The minimum Gasteiger partial charge on any atom is -0.478 e. The van der Waals surface area contributed by atoms with Crippen molar-refractivity contribution in [3.05, 3.63) is 82.6 Å². The molecule has 6 nitrogen and oxygen atoms in total. The SMILES string of the molecule is O=C(O)c1ccc(Cl)c(-c2ccc(C=NNC(=O)c3ccccc3)o2)c1. The zero-order valence-electron chi connectivity index (χ0n) is 13.3. The lowest BCUT2D eigenvalue weighted by Gasteiger charge is -2.02. The van der Waals surface area contributed by atoms with Gasteiger partial charge in [0.25, 0.3) is 5.91 Å². The second kappa shape index (κ2) is 7.67. The molecule has 26 heavy (non-hydrogen) atoms. The van der Waals surface area contributed by atoms with Gasteiger partial charge in [-0.15, -0.1) is 0 Å². The molecule has 3 rings (SSSR count). The minimum absolute atomic E-state index is 0.103. The average Bonchev–Trinajstić information content (AvgIpc) is 3.11. The standard InChI is InChI=1S/C19H13ClN2O4/c20-16-8-6-13(19(24)25)10-15(16)17-9-7-14(26-17)11-21-22-18(23)12-4-2-1-3-5-12/h1-11H,(H,22,23)(H,24,25). The topological polar surface area (TPSA) is 91.9 Å². The zero-order valence-corrected chi connectivity index (χ0v) is 14.1. The Morgan fingerprint density at radius 2 is 1.81 bits per heavy atom. The number of furan rings is 1. The molecule has 1 heterocycles. The summed E-state index contributed by atoms with van der Waals surface area (Å²) in [6, 6.07) is 16.3. The summed E-state index contributed by atoms with van der Waals surface area (Å²) in [5.74, 6) is -0.621. The number of halogens is 1. The molecule has 3 aromatic rings. The first-order chi connectivity index (χ1) is 12.5. The maximum atomic E-state index is 11.9. The van der Waals surface area contributed by atoms with Gasteiger partial charge in [-0.25, -0.2) is 10.2 Å². The second-order valence-corrected chi connectivity index (χ2v) is 5.67. The molecule has 0 unspecified atom stereocenters. The summed E-state index contributed by atoms with van der Waals surface area (Å²) in [5, 5.41) is 13.3. The first kappa shape index (κ1) is 17.4. The molecule has 7 heteroatoms. The number of hydrogen-bond acceptors (Lipinski definition) is 4. The smallest absolute Gasteiger partial charge is 0.335 e. The number of carboxylic acid groups (broad SMARTS) is 1. The van der Waals surface area contributed by atoms with Gasteiger partial charge >= 0.3 is 5.97 Å². The van der Waals surface area contributed by atoms with Crippen molar-refractivity contribution < 1.29 is 19.1 Å². The summed E-state index contributed by atoms with van der Waals surface area (Å²) < 4.78 is 5.59. The fourth-order valence-corrected chi connectivity index (χ4v) is 2.43. The molecule has 2 aromatic carbocycles. The van der Waals surface area contributed by atoms with Crippen molar-refractivity contribution in [3.63, 3.8) is 0 Å². The van der Waals surface area contributed by atoms with E-state index in [1.165, 1.54) is 24.4 Å². The van der Waals surface area contributed by atoms with Crippen LogP contribution in [-0.4, -0.2) is 23.2 Å². The number of carbonyl (C=O) groups is 2. The van der Waals surface area contributed by atoms with Crippen LogP contribution in [0.5, 0.6) is 0 Å². The van der Waals surface area contributed by atoms with Crippen molar-refractivity contribution in [1.29, 1.82) is 0 Å². The Morgan fingerprint density at radius 3 is 2.54 bits per heavy atom. The number of carboxylic acids is 1. The maximum Gasteiger partial charge on any atom is 0.335 e. The van der Waals surface area contributed by atoms with Gasteiger partial charge < -0.3 is 9.52 Å². The Balaban J connectivity index is 1.73. The Hall–Kier alpha value is -3.38. The summed E-state index contributed by atoms with van der Waals surface area (Å²) in [7, 11) is 0. The molecule has 0 saturated carbocycles. The summed E-state index contributed by atoms with van der Waals surface area (Å²) in [6.07, 6.45) is 1.35. The lowest BCUT2D eigenvalue weighted by atomic mass is 10.1. The highest BCUT2D eigenvalue weighted by Gasteiger charge is 2.12. The summed E-state index contributed by atoms with van der Waals surface area (Å²) in [5.41, 5.74) is 3.45. The van der Waals surface area contributed by atoms with Crippen LogP contribution >= 0.6 is 11.6 Å². The van der Waals surface area contributed by atoms with Gasteiger partial charge in [-0.1, -0.05) is 29.8 Å². The first-order valence-electron chi connectivity index (χ1n) is 7.56. The van der Waals surface area contributed by atoms with E-state index in [9.17, 15) is 9.59 Å². The van der Waals surface area contributed by atoms with Gasteiger partial charge in [-0.3, -0.25) is 4.79 Å². The molecule has 0 fully saturated rings. The van der Waals surface area contributed by atoms with Crippen LogP contribution in [0.4, 0.5) is 0 Å². The molecule has 1 aromatic heterocycles. The van der Waals surface area contributed by atoms with E-state index >= 15 is 0 Å². The van der Waals surface area contributed by atoms with Crippen molar-refractivity contribution in [2.45, 2.75) is 0 Å². The third-order valence-electron chi connectivity index (χ3n) is 3.50. The number of rotatable bonds is 5. The second-order valence-electron chi connectivity index (χ2n) is 5.27. The number of nitrogens with one attached hydrogen (secondary N) is 1. The van der Waals surface area contributed by atoms with Crippen molar-refractivity contribution >= 4 is 29.7 Å². The fraction of sp³-hybridized carbons (Fsp3) is 0. The summed E-state index contributed by atoms with van der Waals surface area (Å²) >= 11 is 6.11. The van der Waals surface area contributed by atoms with E-state index in [4.69, 9.17) is 21.1 Å². The van der Waals surface area contributed by atoms with E-state index in [1.807, 2.05) is 6.07 Å². The van der Waals surface area contributed by atoms with Gasteiger partial charge in [0.05, 0.1) is 16.8 Å². The van der Waals surface area contributed by atoms with Crippen LogP contribution in [0, 0.1) is 0 Å². The van der Waals surface area contributed by atoms with Gasteiger partial charge in [-0.05, 0) is 42.5 Å². The molecule has 0 spiro atoms. The number of hydrogen-bond donors (Lipinski definition) is 2. The van der Waals surface area contributed by atoms with Crippen molar-refractivity contribution in [3.8, 4) is 11.3 Å². The highest BCUT2D eigenvalue weighted by Crippen LogP contribution is 2.30. The first-order valence-corrected chi connectivity index (χ1v) is 7.94. The molecule has 2 N–H and O–H groups in total. The van der Waals surface area contributed by atoms with Gasteiger partial charge in [0.2, 0.25) is 0 Å². The average molecular weight is 369 g/mol. The predicted octanol–water partition coefficient (Wildman–Crippen LogP) is 4.06. The van der Waals surface area contributed by atoms with Crippen LogP contribution in [0.1, 0.15) is 26.5 Å². The van der Waals surface area contributed by atoms with Crippen LogP contribution in [0.2, 0.25) is 5.02 Å². The zero-order chi connectivity index (χ0) is 18.5. The van der Waals surface area contributed by atoms with E-state index in [0.29, 0.717) is 27.7 Å². The van der Waals surface area contributed by atoms with E-state index in [0.717, 1.165) is 0 Å². The Kier molecular flexibility index (Phi) is 5.15. The van der Waals surface area contributed by atoms with Crippen molar-refractivity contribution in [2.24, 2.45) is 5.10 Å². The summed E-state index contributed by atoms with van der Waals surface area (Å²) in [4.78, 5) is 23.0. The van der Waals surface area contributed by atoms with Gasteiger partial charge in [0.1, 0.15) is 11.5 Å². The highest BCUT2D eigenvalue weighted by molar-refractivity contribution is 6.33. The molecular weight excluding hydrogens is 356 g/mol. The molecule has 0 atom stereocenters. The van der Waals surface area contributed by atoms with Crippen LogP contribution in [0.25, 0.3) is 11.3 Å². The quantitative estimate of drug-likeness (QED) is 0.524. The molecule has 0 saturated heterocycles. The molecule has 130 valence electrons. The van der Waals surface area contributed by atoms with Crippen molar-refractivity contribution in [1.82, 2.24) is 5.43 Å². The van der Waals surface area contributed by atoms with Gasteiger partial charge in [-0.2, -0.15) is 5.10 Å². The van der Waals surface area contributed by atoms with Gasteiger partial charge in [0.15, 0.2) is 0 Å². The maximum absolute atomic E-state index is 11.9. The minimum atomic E-state index is -1.06. The lowest BCUT2D eigenvalue weighted by Crippen LogP contribution is -2.17. The third-order valence-corrected chi connectivity index (χ3v) is 3.83. The molecule has 0 aliphatic carbocycles. The Bertz CT molecular complexity index is 980. The number of carbonyl (C=O) groups excluding carboxylic acids is 1. The molecule has 0 aliphatic rings. The molecule has 1 amide bonds. The number of hydrazone groups is 1.